The van der Waals surface area contributed by atoms with E-state index < -0.39 is 5.82 Å². The fraction of sp³-hybridized carbons (Fsp3) is 0.333. The second-order valence-electron chi connectivity index (χ2n) is 9.68. The van der Waals surface area contributed by atoms with Crippen LogP contribution in [0.15, 0.2) is 42.6 Å². The summed E-state index contributed by atoms with van der Waals surface area (Å²) in [5.74, 6) is -0.208. The molecular formula is C27H30FN5O2. The Bertz CT molecular complexity index is 1290. The van der Waals surface area contributed by atoms with Gasteiger partial charge < -0.3 is 20.6 Å². The van der Waals surface area contributed by atoms with Gasteiger partial charge in [-0.2, -0.15) is 0 Å². The number of benzene rings is 2. The number of likely N-dealkylation sites (N-methyl/N-ethyl adjacent to an activating group) is 1. The van der Waals surface area contributed by atoms with Crippen LogP contribution < -0.4 is 10.6 Å². The van der Waals surface area contributed by atoms with Crippen LogP contribution in [0.3, 0.4) is 0 Å². The maximum atomic E-state index is 14.5. The van der Waals surface area contributed by atoms with Gasteiger partial charge in [0.25, 0.3) is 0 Å². The van der Waals surface area contributed by atoms with Gasteiger partial charge >= 0.3 is 0 Å². The van der Waals surface area contributed by atoms with Crippen molar-refractivity contribution in [2.75, 3.05) is 37.8 Å². The zero-order valence-corrected chi connectivity index (χ0v) is 20.2. The van der Waals surface area contributed by atoms with Crippen molar-refractivity contribution in [1.29, 1.82) is 0 Å². The highest BCUT2D eigenvalue weighted by molar-refractivity contribution is 6.09. The van der Waals surface area contributed by atoms with E-state index in [2.05, 4.69) is 51.6 Å². The van der Waals surface area contributed by atoms with Crippen molar-refractivity contribution < 1.29 is 14.3 Å². The molecule has 1 fully saturated rings. The van der Waals surface area contributed by atoms with Crippen LogP contribution in [0.2, 0.25) is 0 Å². The number of likely N-dealkylation sites (tertiary alicyclic amines) is 1. The molecule has 8 heteroatoms. The minimum absolute atomic E-state index is 0.0201. The lowest BCUT2D eigenvalue weighted by atomic mass is 10.0. The Morgan fingerprint density at radius 1 is 1.23 bits per heavy atom. The molecule has 2 aromatic carbocycles. The Labute approximate surface area is 204 Å². The lowest BCUT2D eigenvalue weighted by Gasteiger charge is -2.20. The molecule has 182 valence electrons. The summed E-state index contributed by atoms with van der Waals surface area (Å²) in [5.41, 5.74) is 4.28. The van der Waals surface area contributed by atoms with E-state index in [-0.39, 0.29) is 23.6 Å². The molecule has 0 bridgehead atoms. The molecule has 3 aromatic rings. The minimum atomic E-state index is -0.508. The van der Waals surface area contributed by atoms with Crippen molar-refractivity contribution in [2.24, 2.45) is 0 Å². The number of nitrogens with one attached hydrogen (secondary N) is 2. The molecule has 0 aliphatic carbocycles. The number of rotatable bonds is 5. The molecule has 1 atom stereocenters. The Kier molecular flexibility index (Phi) is 6.17. The third-order valence-electron chi connectivity index (χ3n) is 6.94. The van der Waals surface area contributed by atoms with Crippen LogP contribution in [-0.2, 0) is 13.0 Å². The smallest absolute Gasteiger partial charge is 0.173 e. The molecule has 1 saturated heterocycles. The van der Waals surface area contributed by atoms with Crippen molar-refractivity contribution in [3.8, 4) is 5.75 Å². The molecule has 2 aliphatic rings. The summed E-state index contributed by atoms with van der Waals surface area (Å²) < 4.78 is 14.5. The zero-order chi connectivity index (χ0) is 24.7. The fourth-order valence-corrected chi connectivity index (χ4v) is 4.88. The monoisotopic (exact) mass is 475 g/mol. The van der Waals surface area contributed by atoms with Crippen molar-refractivity contribution in [1.82, 2.24) is 14.8 Å². The van der Waals surface area contributed by atoms with Crippen LogP contribution in [-0.4, -0.2) is 58.9 Å². The maximum absolute atomic E-state index is 14.5. The number of Topliss-reactive ketones (excluding diaryl/α,β-unsaturated/α-hetero) is 1. The molecular weight excluding hydrogens is 445 g/mol. The van der Waals surface area contributed by atoms with Gasteiger partial charge in [0.2, 0.25) is 0 Å². The SMILES string of the molecule is Cc1cc(F)c(Nc2ccnc3c2C(=O)Cc2cc(CN4CC[C@H](N(C)C)C4)ccc2N3)cc1O. The van der Waals surface area contributed by atoms with Crippen molar-refractivity contribution in [3.63, 3.8) is 0 Å². The lowest BCUT2D eigenvalue weighted by molar-refractivity contribution is 0.0995. The summed E-state index contributed by atoms with van der Waals surface area (Å²) in [5, 5.41) is 16.3. The van der Waals surface area contributed by atoms with Crippen LogP contribution in [0.5, 0.6) is 5.75 Å². The van der Waals surface area contributed by atoms with E-state index in [1.807, 2.05) is 6.07 Å². The van der Waals surface area contributed by atoms with Gasteiger partial charge in [-0.1, -0.05) is 12.1 Å². The maximum Gasteiger partial charge on any atom is 0.173 e. The highest BCUT2D eigenvalue weighted by Gasteiger charge is 2.26. The summed E-state index contributed by atoms with van der Waals surface area (Å²) in [6.45, 7) is 4.58. The standard InChI is InChI=1S/C27H30FN5O2/c1-16-10-20(28)23(13-24(16)34)30-22-6-8-29-27-26(22)25(35)12-18-11-17(4-5-21(18)31-27)14-33-9-7-19(15-33)32(2)3/h4-6,8,10-11,13,19,34H,7,9,12,14-15H2,1-3H3,(H2,29,30,31)/t19-/m0/s1. The predicted octanol–water partition coefficient (Wildman–Crippen LogP) is 4.60. The molecule has 3 N–H and O–H groups in total. The molecule has 35 heavy (non-hydrogen) atoms. The third-order valence-corrected chi connectivity index (χ3v) is 6.94. The van der Waals surface area contributed by atoms with Crippen LogP contribution in [0, 0.1) is 12.7 Å². The summed E-state index contributed by atoms with van der Waals surface area (Å²) in [6, 6.07) is 11.0. The van der Waals surface area contributed by atoms with Crippen molar-refractivity contribution >= 4 is 28.7 Å². The second-order valence-corrected chi connectivity index (χ2v) is 9.68. The first-order valence-corrected chi connectivity index (χ1v) is 11.8. The molecule has 7 nitrogen and oxygen atoms in total. The van der Waals surface area contributed by atoms with Crippen LogP contribution in [0.25, 0.3) is 0 Å². The highest BCUT2D eigenvalue weighted by atomic mass is 19.1. The first-order chi connectivity index (χ1) is 16.8. The molecule has 1 aromatic heterocycles. The number of pyridine rings is 1. The average Bonchev–Trinajstić information content (AvgIpc) is 3.22. The second kappa shape index (κ2) is 9.28. The summed E-state index contributed by atoms with van der Waals surface area (Å²) >= 11 is 0. The Morgan fingerprint density at radius 3 is 2.83 bits per heavy atom. The van der Waals surface area contributed by atoms with E-state index in [1.165, 1.54) is 17.7 Å². The average molecular weight is 476 g/mol. The van der Waals surface area contributed by atoms with E-state index in [0.717, 1.165) is 37.3 Å². The minimum Gasteiger partial charge on any atom is -0.508 e. The highest BCUT2D eigenvalue weighted by Crippen LogP contribution is 2.36. The Morgan fingerprint density at radius 2 is 2.06 bits per heavy atom. The van der Waals surface area contributed by atoms with Crippen molar-refractivity contribution in [2.45, 2.75) is 32.4 Å². The number of aromatic hydroxyl groups is 1. The third kappa shape index (κ3) is 4.72. The molecule has 3 heterocycles. The van der Waals surface area contributed by atoms with E-state index in [4.69, 9.17) is 0 Å². The summed E-state index contributed by atoms with van der Waals surface area (Å²) in [4.78, 5) is 22.5. The molecule has 0 saturated carbocycles. The molecule has 0 unspecified atom stereocenters. The van der Waals surface area contributed by atoms with Gasteiger partial charge in [-0.15, -0.1) is 0 Å². The van der Waals surface area contributed by atoms with Gasteiger partial charge in [-0.05, 0) is 62.3 Å². The van der Waals surface area contributed by atoms with Gasteiger partial charge in [-0.25, -0.2) is 9.37 Å². The first kappa shape index (κ1) is 23.3. The number of ketones is 1. The number of fused-ring (bicyclic) bond motifs is 2. The largest absolute Gasteiger partial charge is 0.508 e. The van der Waals surface area contributed by atoms with Crippen molar-refractivity contribution in [3.05, 3.63) is 70.7 Å². The number of anilines is 4. The number of hydrogen-bond acceptors (Lipinski definition) is 7. The molecule has 5 rings (SSSR count). The van der Waals surface area contributed by atoms with Gasteiger partial charge in [0.15, 0.2) is 5.78 Å². The Balaban J connectivity index is 1.39. The van der Waals surface area contributed by atoms with Gasteiger partial charge in [0.05, 0.1) is 16.9 Å². The number of halogens is 1. The first-order valence-electron chi connectivity index (χ1n) is 11.8. The number of nitrogens with zero attached hydrogens (tertiary/aromatic N) is 3. The summed E-state index contributed by atoms with van der Waals surface area (Å²) in [7, 11) is 4.25. The number of hydrogen-bond donors (Lipinski definition) is 3. The number of carbonyl (C=O) groups is 1. The molecule has 2 aliphatic heterocycles. The fourth-order valence-electron chi connectivity index (χ4n) is 4.88. The molecule has 0 spiro atoms. The predicted molar refractivity (Wildman–Crippen MR) is 135 cm³/mol. The lowest BCUT2D eigenvalue weighted by Crippen LogP contribution is -2.31. The number of carbonyl (C=O) groups excluding carboxylic acids is 1. The van der Waals surface area contributed by atoms with E-state index >= 15 is 0 Å². The summed E-state index contributed by atoms with van der Waals surface area (Å²) in [6.07, 6.45) is 2.95. The van der Waals surface area contributed by atoms with E-state index in [0.29, 0.717) is 28.7 Å². The molecule has 0 amide bonds. The van der Waals surface area contributed by atoms with E-state index in [9.17, 15) is 14.3 Å². The van der Waals surface area contributed by atoms with Gasteiger partial charge in [0, 0.05) is 50.0 Å². The number of phenolic OH excluding ortho intramolecular Hbond substituents is 1. The topological polar surface area (TPSA) is 80.7 Å². The van der Waals surface area contributed by atoms with Crippen LogP contribution in [0.1, 0.15) is 33.5 Å². The van der Waals surface area contributed by atoms with Gasteiger partial charge in [-0.3, -0.25) is 9.69 Å². The van der Waals surface area contributed by atoms with Crippen LogP contribution >= 0.6 is 0 Å². The zero-order valence-electron chi connectivity index (χ0n) is 20.2. The Hall–Kier alpha value is -3.49. The quantitative estimate of drug-likeness (QED) is 0.498. The number of aromatic nitrogens is 1. The molecule has 0 radical (unpaired) electrons. The van der Waals surface area contributed by atoms with Crippen LogP contribution in [0.4, 0.5) is 27.3 Å². The van der Waals surface area contributed by atoms with Gasteiger partial charge in [0.1, 0.15) is 17.4 Å². The normalized spacial score (nSPS) is 17.6. The number of phenols is 1. The van der Waals surface area contributed by atoms with E-state index in [1.54, 1.807) is 19.2 Å². The number of aryl methyl sites for hydroxylation is 1.